The predicted molar refractivity (Wildman–Crippen MR) is 117 cm³/mol. The monoisotopic (exact) mass is 437 g/mol. The first-order chi connectivity index (χ1) is 14.4. The number of amides is 1. The summed E-state index contributed by atoms with van der Waals surface area (Å²) in [5, 5.41) is 12.2. The average Bonchev–Trinajstić information content (AvgIpc) is 2.69. The van der Waals surface area contributed by atoms with Crippen molar-refractivity contribution in [3.8, 4) is 5.75 Å². The molecule has 2 fully saturated rings. The third-order valence-electron chi connectivity index (χ3n) is 6.43. The van der Waals surface area contributed by atoms with Gasteiger partial charge in [-0.3, -0.25) is 14.5 Å². The summed E-state index contributed by atoms with van der Waals surface area (Å²) in [7, 11) is 1.50. The van der Waals surface area contributed by atoms with Crippen molar-refractivity contribution >= 4 is 29.2 Å². The van der Waals surface area contributed by atoms with Crippen LogP contribution in [0.2, 0.25) is 5.02 Å². The molecule has 2 atom stereocenters. The van der Waals surface area contributed by atoms with Crippen molar-refractivity contribution in [3.63, 3.8) is 0 Å². The Morgan fingerprint density at radius 2 is 2.00 bits per heavy atom. The first-order valence-corrected chi connectivity index (χ1v) is 11.2. The number of carboxylic acid groups (broad SMARTS) is 1. The number of methoxy groups -OCH3 is 1. The number of nitrogens with zero attached hydrogens (tertiary/aromatic N) is 1. The summed E-state index contributed by atoms with van der Waals surface area (Å²) in [5.41, 5.74) is 6.56. The summed E-state index contributed by atoms with van der Waals surface area (Å²) in [6.07, 6.45) is 7.77. The average molecular weight is 438 g/mol. The Kier molecular flexibility index (Phi) is 7.83. The van der Waals surface area contributed by atoms with E-state index in [0.717, 1.165) is 32.2 Å². The highest BCUT2D eigenvalue weighted by atomic mass is 35.5. The molecular formula is C22H32ClN3O4. The van der Waals surface area contributed by atoms with Crippen LogP contribution in [0.1, 0.15) is 61.7 Å². The van der Waals surface area contributed by atoms with Gasteiger partial charge in [-0.2, -0.15) is 0 Å². The number of carboxylic acids is 1. The van der Waals surface area contributed by atoms with Crippen molar-refractivity contribution in [3.05, 3.63) is 22.7 Å². The summed E-state index contributed by atoms with van der Waals surface area (Å²) >= 11 is 6.07. The number of anilines is 1. The Hall–Kier alpha value is -1.99. The second-order valence-corrected chi connectivity index (χ2v) is 8.84. The number of carbonyl (C=O) groups is 2. The fourth-order valence-electron chi connectivity index (χ4n) is 5.01. The number of nitrogens with two attached hydrogens (primary N) is 1. The molecule has 2 unspecified atom stereocenters. The number of hydrogen-bond acceptors (Lipinski definition) is 5. The van der Waals surface area contributed by atoms with Gasteiger partial charge in [0.15, 0.2) is 0 Å². The topological polar surface area (TPSA) is 105 Å². The van der Waals surface area contributed by atoms with E-state index in [2.05, 4.69) is 10.2 Å². The number of aliphatic carboxylic acids is 1. The first-order valence-electron chi connectivity index (χ1n) is 10.8. The van der Waals surface area contributed by atoms with E-state index in [1.54, 1.807) is 12.1 Å². The van der Waals surface area contributed by atoms with Crippen LogP contribution >= 0.6 is 11.6 Å². The number of piperidine rings is 2. The Bertz CT molecular complexity index is 759. The van der Waals surface area contributed by atoms with Gasteiger partial charge in [0.25, 0.3) is 5.91 Å². The summed E-state index contributed by atoms with van der Waals surface area (Å²) in [5.74, 6) is 0.0664. The van der Waals surface area contributed by atoms with Crippen LogP contribution in [0.3, 0.4) is 0 Å². The molecule has 2 aliphatic rings. The maximum atomic E-state index is 12.6. The normalized spacial score (nSPS) is 23.7. The van der Waals surface area contributed by atoms with E-state index in [0.29, 0.717) is 46.6 Å². The van der Waals surface area contributed by atoms with E-state index < -0.39 is 5.97 Å². The molecule has 3 rings (SSSR count). The molecule has 1 aromatic carbocycles. The number of benzene rings is 1. The van der Waals surface area contributed by atoms with Crippen molar-refractivity contribution in [2.45, 2.75) is 63.5 Å². The molecule has 2 aliphatic heterocycles. The van der Waals surface area contributed by atoms with Crippen LogP contribution < -0.4 is 15.8 Å². The van der Waals surface area contributed by atoms with E-state index in [4.69, 9.17) is 27.2 Å². The van der Waals surface area contributed by atoms with Gasteiger partial charge in [0.1, 0.15) is 5.75 Å². The van der Waals surface area contributed by atoms with Crippen LogP contribution in [-0.4, -0.2) is 54.2 Å². The van der Waals surface area contributed by atoms with E-state index in [-0.39, 0.29) is 12.3 Å². The van der Waals surface area contributed by atoms with Crippen LogP contribution in [0.5, 0.6) is 5.75 Å². The summed E-state index contributed by atoms with van der Waals surface area (Å²) in [4.78, 5) is 26.0. The minimum absolute atomic E-state index is 0.208. The Morgan fingerprint density at radius 1 is 1.30 bits per heavy atom. The van der Waals surface area contributed by atoms with Gasteiger partial charge in [-0.05, 0) is 57.1 Å². The molecule has 7 nitrogen and oxygen atoms in total. The lowest BCUT2D eigenvalue weighted by molar-refractivity contribution is -0.137. The number of nitrogens with one attached hydrogen (secondary N) is 1. The van der Waals surface area contributed by atoms with Gasteiger partial charge in [0, 0.05) is 31.1 Å². The van der Waals surface area contributed by atoms with Crippen molar-refractivity contribution < 1.29 is 19.4 Å². The minimum atomic E-state index is -0.718. The SMILES string of the molecule is COc1cc(N)c(Cl)cc1C(=O)NCCC1CC2CCCC(C1)N2CCCC(=O)O. The Labute approximate surface area is 182 Å². The van der Waals surface area contributed by atoms with Crippen LogP contribution in [0, 0.1) is 5.92 Å². The minimum Gasteiger partial charge on any atom is -0.496 e. The quantitative estimate of drug-likeness (QED) is 0.510. The standard InChI is InChI=1S/C22H32ClN3O4/c1-30-20-13-19(24)18(23)12-17(20)22(29)25-8-7-14-10-15-4-2-5-16(11-14)26(15)9-3-6-21(27)28/h12-16H,2-11,24H2,1H3,(H,25,29)(H,27,28). The van der Waals surface area contributed by atoms with Gasteiger partial charge in [0.2, 0.25) is 0 Å². The lowest BCUT2D eigenvalue weighted by atomic mass is 9.77. The van der Waals surface area contributed by atoms with E-state index >= 15 is 0 Å². The number of ether oxygens (including phenoxy) is 1. The fraction of sp³-hybridized carbons (Fsp3) is 0.636. The summed E-state index contributed by atoms with van der Waals surface area (Å²) < 4.78 is 5.27. The third kappa shape index (κ3) is 5.58. The molecule has 8 heteroatoms. The van der Waals surface area contributed by atoms with Gasteiger partial charge in [-0.25, -0.2) is 0 Å². The highest BCUT2D eigenvalue weighted by Gasteiger charge is 2.37. The Balaban J connectivity index is 1.50. The molecule has 2 bridgehead atoms. The molecule has 1 amide bonds. The molecule has 0 aliphatic carbocycles. The molecular weight excluding hydrogens is 406 g/mol. The molecule has 0 spiro atoms. The molecule has 166 valence electrons. The zero-order valence-electron chi connectivity index (χ0n) is 17.5. The van der Waals surface area contributed by atoms with Crippen molar-refractivity contribution in [2.75, 3.05) is 25.9 Å². The number of fused-ring (bicyclic) bond motifs is 2. The highest BCUT2D eigenvalue weighted by molar-refractivity contribution is 6.33. The van der Waals surface area contributed by atoms with Gasteiger partial charge < -0.3 is 20.9 Å². The fourth-order valence-corrected chi connectivity index (χ4v) is 5.17. The smallest absolute Gasteiger partial charge is 0.303 e. The van der Waals surface area contributed by atoms with Crippen molar-refractivity contribution in [1.29, 1.82) is 0 Å². The molecule has 2 saturated heterocycles. The molecule has 4 N–H and O–H groups in total. The molecule has 30 heavy (non-hydrogen) atoms. The molecule has 2 heterocycles. The Morgan fingerprint density at radius 3 is 2.63 bits per heavy atom. The molecule has 0 radical (unpaired) electrons. The highest BCUT2D eigenvalue weighted by Crippen LogP contribution is 2.38. The zero-order valence-corrected chi connectivity index (χ0v) is 18.3. The van der Waals surface area contributed by atoms with Gasteiger partial charge in [0.05, 0.1) is 23.4 Å². The maximum absolute atomic E-state index is 12.6. The first kappa shape index (κ1) is 22.7. The number of nitrogen functional groups attached to an aromatic ring is 1. The van der Waals surface area contributed by atoms with Crippen LogP contribution in [0.15, 0.2) is 12.1 Å². The summed E-state index contributed by atoms with van der Waals surface area (Å²) in [6, 6.07) is 4.20. The van der Waals surface area contributed by atoms with E-state index in [1.165, 1.54) is 26.4 Å². The van der Waals surface area contributed by atoms with Gasteiger partial charge >= 0.3 is 5.97 Å². The third-order valence-corrected chi connectivity index (χ3v) is 6.76. The second kappa shape index (κ2) is 10.4. The number of carbonyl (C=O) groups excluding carboxylic acids is 1. The lowest BCUT2D eigenvalue weighted by Crippen LogP contribution is -2.52. The predicted octanol–water partition coefficient (Wildman–Crippen LogP) is 3.55. The molecule has 1 aromatic rings. The van der Waals surface area contributed by atoms with E-state index in [9.17, 15) is 9.59 Å². The molecule has 0 aromatic heterocycles. The van der Waals surface area contributed by atoms with Crippen LogP contribution in [0.25, 0.3) is 0 Å². The number of hydrogen-bond donors (Lipinski definition) is 3. The zero-order chi connectivity index (χ0) is 21.7. The van der Waals surface area contributed by atoms with Crippen LogP contribution in [-0.2, 0) is 4.79 Å². The largest absolute Gasteiger partial charge is 0.496 e. The molecule has 0 saturated carbocycles. The maximum Gasteiger partial charge on any atom is 0.303 e. The number of halogens is 1. The second-order valence-electron chi connectivity index (χ2n) is 8.43. The van der Waals surface area contributed by atoms with Crippen molar-refractivity contribution in [1.82, 2.24) is 10.2 Å². The summed E-state index contributed by atoms with van der Waals surface area (Å²) in [6.45, 7) is 1.48. The van der Waals surface area contributed by atoms with Gasteiger partial charge in [-0.15, -0.1) is 0 Å². The lowest BCUT2D eigenvalue weighted by Gasteiger charge is -2.49. The van der Waals surface area contributed by atoms with Gasteiger partial charge in [-0.1, -0.05) is 18.0 Å². The van der Waals surface area contributed by atoms with Crippen LogP contribution in [0.4, 0.5) is 5.69 Å². The van der Waals surface area contributed by atoms with Crippen molar-refractivity contribution in [2.24, 2.45) is 5.92 Å². The number of rotatable bonds is 9. The van der Waals surface area contributed by atoms with E-state index in [1.807, 2.05) is 0 Å².